The number of fused-ring (bicyclic) bond motifs is 1. The summed E-state index contributed by atoms with van der Waals surface area (Å²) < 4.78 is 27.6. The molecule has 1 aliphatic rings. The average molecular weight is 382 g/mol. The molecule has 0 saturated heterocycles. The smallest absolute Gasteiger partial charge is 0.257 e. The van der Waals surface area contributed by atoms with Gasteiger partial charge < -0.3 is 5.32 Å². The number of halogens is 3. The molecule has 0 spiro atoms. The van der Waals surface area contributed by atoms with E-state index in [2.05, 4.69) is 10.4 Å². The standard InChI is InChI=1S/C17H14ClF2N3OS/c18-14-6-5-13(25-14)16-11-7-9(17(24)21-10-2-3-10)1-4-12(11)23(22-16)8-15(19)20/h1,4-7,10,15H,2-3,8H2,(H,21,24). The number of benzene rings is 1. The van der Waals surface area contributed by atoms with Crippen molar-refractivity contribution < 1.29 is 13.6 Å². The minimum atomic E-state index is -2.51. The van der Waals surface area contributed by atoms with Crippen molar-refractivity contribution in [1.82, 2.24) is 15.1 Å². The lowest BCUT2D eigenvalue weighted by Crippen LogP contribution is -2.25. The molecule has 1 fully saturated rings. The van der Waals surface area contributed by atoms with Crippen LogP contribution in [0.15, 0.2) is 30.3 Å². The van der Waals surface area contributed by atoms with Gasteiger partial charge in [-0.2, -0.15) is 5.10 Å². The molecule has 0 bridgehead atoms. The summed E-state index contributed by atoms with van der Waals surface area (Å²) in [5.74, 6) is -0.152. The molecule has 25 heavy (non-hydrogen) atoms. The molecular formula is C17H14ClF2N3OS. The summed E-state index contributed by atoms with van der Waals surface area (Å²) in [7, 11) is 0. The minimum Gasteiger partial charge on any atom is -0.349 e. The fourth-order valence-corrected chi connectivity index (χ4v) is 3.75. The number of amides is 1. The summed E-state index contributed by atoms with van der Waals surface area (Å²) in [6.45, 7) is -0.497. The summed E-state index contributed by atoms with van der Waals surface area (Å²) in [6, 6.07) is 8.83. The Balaban J connectivity index is 1.81. The van der Waals surface area contributed by atoms with E-state index >= 15 is 0 Å². The van der Waals surface area contributed by atoms with Crippen LogP contribution in [0, 0.1) is 0 Å². The topological polar surface area (TPSA) is 46.9 Å². The van der Waals surface area contributed by atoms with Crippen molar-refractivity contribution in [2.45, 2.75) is 31.9 Å². The van der Waals surface area contributed by atoms with Crippen LogP contribution < -0.4 is 5.32 Å². The molecule has 3 aromatic rings. The van der Waals surface area contributed by atoms with Crippen molar-refractivity contribution in [2.75, 3.05) is 0 Å². The lowest BCUT2D eigenvalue weighted by atomic mass is 10.1. The second kappa shape index (κ2) is 6.38. The van der Waals surface area contributed by atoms with E-state index in [1.54, 1.807) is 30.3 Å². The van der Waals surface area contributed by atoms with Gasteiger partial charge in [-0.1, -0.05) is 11.6 Å². The molecule has 130 valence electrons. The molecular weight excluding hydrogens is 368 g/mol. The number of nitrogens with one attached hydrogen (secondary N) is 1. The number of carbonyl (C=O) groups is 1. The van der Waals surface area contributed by atoms with Crippen LogP contribution in [0.3, 0.4) is 0 Å². The van der Waals surface area contributed by atoms with Crippen molar-refractivity contribution in [3.8, 4) is 10.6 Å². The highest BCUT2D eigenvalue weighted by atomic mass is 35.5. The van der Waals surface area contributed by atoms with Crippen LogP contribution in [0.25, 0.3) is 21.5 Å². The zero-order chi connectivity index (χ0) is 17.6. The van der Waals surface area contributed by atoms with Crippen molar-refractivity contribution in [1.29, 1.82) is 0 Å². The maximum atomic E-state index is 12.9. The Morgan fingerprint density at radius 2 is 2.16 bits per heavy atom. The van der Waals surface area contributed by atoms with E-state index in [0.717, 1.165) is 17.7 Å². The second-order valence-corrected chi connectivity index (χ2v) is 7.72. The van der Waals surface area contributed by atoms with Gasteiger partial charge in [-0.25, -0.2) is 8.78 Å². The number of nitrogens with zero attached hydrogens (tertiary/aromatic N) is 2. The molecule has 0 aliphatic heterocycles. The van der Waals surface area contributed by atoms with Gasteiger partial charge in [0.15, 0.2) is 0 Å². The Morgan fingerprint density at radius 3 is 2.80 bits per heavy atom. The van der Waals surface area contributed by atoms with E-state index in [1.807, 2.05) is 0 Å². The molecule has 1 aromatic carbocycles. The molecule has 8 heteroatoms. The normalized spacial score (nSPS) is 14.4. The van der Waals surface area contributed by atoms with E-state index in [4.69, 9.17) is 11.6 Å². The first-order chi connectivity index (χ1) is 12.0. The highest BCUT2D eigenvalue weighted by Gasteiger charge is 2.24. The van der Waals surface area contributed by atoms with E-state index in [9.17, 15) is 13.6 Å². The van der Waals surface area contributed by atoms with Crippen LogP contribution in [0.4, 0.5) is 8.78 Å². The maximum absolute atomic E-state index is 12.9. The predicted molar refractivity (Wildman–Crippen MR) is 94.5 cm³/mol. The predicted octanol–water partition coefficient (Wildman–Crippen LogP) is 4.58. The molecule has 1 aliphatic carbocycles. The Bertz CT molecular complexity index is 949. The molecule has 1 amide bonds. The number of hydrogen-bond donors (Lipinski definition) is 1. The van der Waals surface area contributed by atoms with Gasteiger partial charge in [0.05, 0.1) is 14.7 Å². The number of hydrogen-bond acceptors (Lipinski definition) is 3. The molecule has 4 rings (SSSR count). The third-order valence-electron chi connectivity index (χ3n) is 4.04. The lowest BCUT2D eigenvalue weighted by Gasteiger charge is -2.05. The quantitative estimate of drug-likeness (QED) is 0.703. The molecule has 0 atom stereocenters. The number of rotatable bonds is 5. The van der Waals surface area contributed by atoms with Crippen LogP contribution in [-0.4, -0.2) is 28.2 Å². The van der Waals surface area contributed by atoms with E-state index in [0.29, 0.717) is 26.5 Å². The molecule has 1 saturated carbocycles. The highest BCUT2D eigenvalue weighted by molar-refractivity contribution is 7.19. The molecule has 4 nitrogen and oxygen atoms in total. The second-order valence-electron chi connectivity index (χ2n) is 6.01. The number of carbonyl (C=O) groups excluding carboxylic acids is 1. The van der Waals surface area contributed by atoms with Crippen molar-refractivity contribution in [2.24, 2.45) is 0 Å². The Kier molecular flexibility index (Phi) is 4.21. The number of alkyl halides is 2. The first kappa shape index (κ1) is 16.5. The van der Waals surface area contributed by atoms with Crippen LogP contribution >= 0.6 is 22.9 Å². The van der Waals surface area contributed by atoms with Crippen LogP contribution in [0.1, 0.15) is 23.2 Å². The van der Waals surface area contributed by atoms with Crippen LogP contribution in [-0.2, 0) is 6.54 Å². The zero-order valence-electron chi connectivity index (χ0n) is 13.0. The van der Waals surface area contributed by atoms with Gasteiger partial charge >= 0.3 is 0 Å². The van der Waals surface area contributed by atoms with Gasteiger partial charge in [0, 0.05) is 17.0 Å². The number of aromatic nitrogens is 2. The molecule has 2 heterocycles. The Labute approximate surface area is 151 Å². The van der Waals surface area contributed by atoms with Gasteiger partial charge in [-0.3, -0.25) is 9.48 Å². The fourth-order valence-electron chi connectivity index (χ4n) is 2.71. The first-order valence-electron chi connectivity index (χ1n) is 7.86. The fraction of sp³-hybridized carbons (Fsp3) is 0.294. The van der Waals surface area contributed by atoms with Crippen LogP contribution in [0.2, 0.25) is 4.34 Å². The lowest BCUT2D eigenvalue weighted by molar-refractivity contribution is 0.0951. The summed E-state index contributed by atoms with van der Waals surface area (Å²) in [5.41, 5.74) is 1.64. The van der Waals surface area contributed by atoms with Gasteiger partial charge in [-0.15, -0.1) is 11.3 Å². The van der Waals surface area contributed by atoms with Gasteiger partial charge in [0.2, 0.25) is 0 Å². The molecule has 0 radical (unpaired) electrons. The SMILES string of the molecule is O=C(NC1CC1)c1ccc2c(c1)c(-c1ccc(Cl)s1)nn2CC(F)F. The van der Waals surface area contributed by atoms with Gasteiger partial charge in [-0.05, 0) is 43.2 Å². The summed E-state index contributed by atoms with van der Waals surface area (Å²) in [5, 5.41) is 7.95. The van der Waals surface area contributed by atoms with Crippen molar-refractivity contribution >= 4 is 39.7 Å². The van der Waals surface area contributed by atoms with Crippen LogP contribution in [0.5, 0.6) is 0 Å². The van der Waals surface area contributed by atoms with E-state index in [-0.39, 0.29) is 11.9 Å². The first-order valence-corrected chi connectivity index (χ1v) is 9.06. The monoisotopic (exact) mass is 381 g/mol. The molecule has 1 N–H and O–H groups in total. The third-order valence-corrected chi connectivity index (χ3v) is 5.28. The van der Waals surface area contributed by atoms with Crippen molar-refractivity contribution in [3.63, 3.8) is 0 Å². The summed E-state index contributed by atoms with van der Waals surface area (Å²) >= 11 is 7.32. The summed E-state index contributed by atoms with van der Waals surface area (Å²) in [4.78, 5) is 13.1. The number of thiophene rings is 1. The Morgan fingerprint density at radius 1 is 1.36 bits per heavy atom. The zero-order valence-corrected chi connectivity index (χ0v) is 14.6. The minimum absolute atomic E-state index is 0.152. The molecule has 2 aromatic heterocycles. The van der Waals surface area contributed by atoms with E-state index < -0.39 is 13.0 Å². The van der Waals surface area contributed by atoms with E-state index in [1.165, 1.54) is 16.0 Å². The molecule has 0 unspecified atom stereocenters. The Hall–Kier alpha value is -1.99. The summed E-state index contributed by atoms with van der Waals surface area (Å²) in [6.07, 6.45) is -0.515. The largest absolute Gasteiger partial charge is 0.349 e. The van der Waals surface area contributed by atoms with Gasteiger partial charge in [0.25, 0.3) is 12.3 Å². The van der Waals surface area contributed by atoms with Crippen molar-refractivity contribution in [3.05, 3.63) is 40.2 Å². The average Bonchev–Trinajstić information content (AvgIpc) is 3.17. The van der Waals surface area contributed by atoms with Gasteiger partial charge in [0.1, 0.15) is 12.2 Å². The highest BCUT2D eigenvalue weighted by Crippen LogP contribution is 2.35. The third kappa shape index (κ3) is 3.39. The maximum Gasteiger partial charge on any atom is 0.257 e.